The normalized spacial score (nSPS) is 13.4. The first-order valence-corrected chi connectivity index (χ1v) is 31.3. The highest BCUT2D eigenvalue weighted by molar-refractivity contribution is 7.00. The smallest absolute Gasteiger partial charge is 0.252 e. The van der Waals surface area contributed by atoms with Crippen molar-refractivity contribution in [1.82, 2.24) is 0 Å². The molecule has 15 rings (SSSR count). The second-order valence-electron chi connectivity index (χ2n) is 28.6. The van der Waals surface area contributed by atoms with Gasteiger partial charge < -0.3 is 23.5 Å². The fourth-order valence-electron chi connectivity index (χ4n) is 13.8. The minimum Gasteiger partial charge on any atom is -0.456 e. The van der Waals surface area contributed by atoms with E-state index in [-0.39, 0.29) is 28.4 Å². The number of anilines is 9. The second-order valence-corrected chi connectivity index (χ2v) is 28.6. The van der Waals surface area contributed by atoms with Crippen LogP contribution >= 0.6 is 0 Å². The number of furan rings is 2. The first-order valence-electron chi connectivity index (χ1n) is 31.3. The van der Waals surface area contributed by atoms with E-state index in [0.717, 1.165) is 94.8 Å². The first kappa shape index (κ1) is 55.1. The van der Waals surface area contributed by atoms with Crippen LogP contribution in [0.1, 0.15) is 105 Å². The molecular formula is C82H74BN3O2. The molecule has 0 aliphatic carbocycles. The largest absolute Gasteiger partial charge is 0.456 e. The molecule has 6 heteroatoms. The molecule has 0 saturated carbocycles. The molecule has 11 aromatic carbocycles. The quantitative estimate of drug-likeness (QED) is 0.149. The third kappa shape index (κ3) is 9.13. The van der Waals surface area contributed by atoms with Crippen LogP contribution in [0.3, 0.4) is 0 Å². The number of benzene rings is 11. The summed E-state index contributed by atoms with van der Waals surface area (Å²) in [6, 6.07) is 86.3. The molecule has 432 valence electrons. The average Bonchev–Trinajstić information content (AvgIpc) is 0.984. The van der Waals surface area contributed by atoms with E-state index in [9.17, 15) is 0 Å². The molecule has 5 nitrogen and oxygen atoms in total. The summed E-state index contributed by atoms with van der Waals surface area (Å²) in [5.41, 5.74) is 26.7. The highest BCUT2D eigenvalue weighted by Crippen LogP contribution is 2.51. The van der Waals surface area contributed by atoms with E-state index in [0.29, 0.717) is 0 Å². The summed E-state index contributed by atoms with van der Waals surface area (Å²) in [7, 11) is 0. The highest BCUT2D eigenvalue weighted by Gasteiger charge is 2.45. The Bertz CT molecular complexity index is 4910. The van der Waals surface area contributed by atoms with Gasteiger partial charge in [-0.3, -0.25) is 0 Å². The molecular weight excluding hydrogens is 1070 g/mol. The summed E-state index contributed by atoms with van der Waals surface area (Å²) in [6.45, 7) is 27.7. The predicted octanol–water partition coefficient (Wildman–Crippen LogP) is 21.6. The molecule has 0 atom stereocenters. The maximum Gasteiger partial charge on any atom is 0.252 e. The van der Waals surface area contributed by atoms with E-state index >= 15 is 0 Å². The van der Waals surface area contributed by atoms with Crippen LogP contribution in [0.2, 0.25) is 0 Å². The lowest BCUT2D eigenvalue weighted by atomic mass is 9.33. The van der Waals surface area contributed by atoms with Crippen LogP contribution in [0.15, 0.2) is 239 Å². The summed E-state index contributed by atoms with van der Waals surface area (Å²) < 4.78 is 13.2. The number of hydrogen-bond donors (Lipinski definition) is 0. The van der Waals surface area contributed by atoms with E-state index in [1.807, 2.05) is 6.07 Å². The zero-order chi connectivity index (χ0) is 60.8. The van der Waals surface area contributed by atoms with E-state index in [1.165, 1.54) is 61.1 Å². The molecule has 2 aliphatic heterocycles. The molecule has 0 unspecified atom stereocenters. The van der Waals surface area contributed by atoms with Crippen LogP contribution in [0.5, 0.6) is 0 Å². The number of hydrogen-bond acceptors (Lipinski definition) is 5. The van der Waals surface area contributed by atoms with Gasteiger partial charge in [-0.15, -0.1) is 0 Å². The van der Waals surface area contributed by atoms with E-state index < -0.39 is 0 Å². The highest BCUT2D eigenvalue weighted by atomic mass is 16.3. The van der Waals surface area contributed by atoms with Gasteiger partial charge in [0.25, 0.3) is 6.71 Å². The molecule has 0 fully saturated rings. The lowest BCUT2D eigenvalue weighted by Gasteiger charge is -2.45. The minimum absolute atomic E-state index is 0.0218. The third-order valence-electron chi connectivity index (χ3n) is 18.7. The van der Waals surface area contributed by atoms with Crippen molar-refractivity contribution in [3.8, 4) is 22.3 Å². The molecule has 0 amide bonds. The number of nitrogens with zero attached hydrogens (tertiary/aromatic N) is 3. The average molecular weight is 1140 g/mol. The molecule has 2 aromatic heterocycles. The topological polar surface area (TPSA) is 36.0 Å². The van der Waals surface area contributed by atoms with Crippen LogP contribution in [0.25, 0.3) is 66.1 Å². The van der Waals surface area contributed by atoms with Gasteiger partial charge in [-0.2, -0.15) is 0 Å². The van der Waals surface area contributed by atoms with Gasteiger partial charge in [0.1, 0.15) is 22.3 Å². The van der Waals surface area contributed by atoms with Crippen molar-refractivity contribution in [3.05, 3.63) is 253 Å². The molecule has 0 bridgehead atoms. The van der Waals surface area contributed by atoms with Crippen LogP contribution < -0.4 is 31.1 Å². The summed E-state index contributed by atoms with van der Waals surface area (Å²) in [5, 5.41) is 4.47. The molecule has 0 saturated heterocycles. The van der Waals surface area contributed by atoms with Crippen molar-refractivity contribution >= 4 is 118 Å². The van der Waals surface area contributed by atoms with Gasteiger partial charge in [-0.05, 0) is 174 Å². The number of fused-ring (bicyclic) bond motifs is 10. The predicted molar refractivity (Wildman–Crippen MR) is 375 cm³/mol. The monoisotopic (exact) mass is 1140 g/mol. The van der Waals surface area contributed by atoms with Gasteiger partial charge in [0.05, 0.1) is 5.69 Å². The van der Waals surface area contributed by atoms with Crippen molar-refractivity contribution in [2.45, 2.75) is 105 Å². The van der Waals surface area contributed by atoms with Gasteiger partial charge in [-0.25, -0.2) is 0 Å². The van der Waals surface area contributed by atoms with Crippen molar-refractivity contribution in [3.63, 3.8) is 0 Å². The Hall–Kier alpha value is -9.52. The number of para-hydroxylation sites is 2. The Kier molecular flexibility index (Phi) is 12.5. The van der Waals surface area contributed by atoms with Crippen molar-refractivity contribution < 1.29 is 8.83 Å². The van der Waals surface area contributed by atoms with Gasteiger partial charge in [0, 0.05) is 78.7 Å². The van der Waals surface area contributed by atoms with E-state index in [1.54, 1.807) is 0 Å². The zero-order valence-electron chi connectivity index (χ0n) is 52.7. The van der Waals surface area contributed by atoms with Crippen molar-refractivity contribution in [1.29, 1.82) is 0 Å². The number of rotatable bonds is 7. The lowest BCUT2D eigenvalue weighted by molar-refractivity contribution is 0.590. The van der Waals surface area contributed by atoms with Gasteiger partial charge in [-0.1, -0.05) is 210 Å². The van der Waals surface area contributed by atoms with E-state index in [4.69, 9.17) is 8.83 Å². The Morgan fingerprint density at radius 1 is 0.330 bits per heavy atom. The van der Waals surface area contributed by atoms with Crippen LogP contribution in [-0.4, -0.2) is 6.71 Å². The lowest BCUT2D eigenvalue weighted by Crippen LogP contribution is -2.61. The van der Waals surface area contributed by atoms with Crippen molar-refractivity contribution in [2.24, 2.45) is 0 Å². The van der Waals surface area contributed by atoms with Gasteiger partial charge in [0.2, 0.25) is 0 Å². The maximum atomic E-state index is 6.81. The molecule has 2 aliphatic rings. The van der Waals surface area contributed by atoms with E-state index in [2.05, 4.69) is 322 Å². The molecule has 13 aromatic rings. The molecule has 0 spiro atoms. The van der Waals surface area contributed by atoms with Gasteiger partial charge in [0.15, 0.2) is 0 Å². The van der Waals surface area contributed by atoms with Crippen molar-refractivity contribution in [2.75, 3.05) is 14.7 Å². The second kappa shape index (κ2) is 20.0. The summed E-state index contributed by atoms with van der Waals surface area (Å²) in [5.74, 6) is 0. The fraction of sp³-hybridized carbons (Fsp3) is 0.195. The standard InChI is InChI=1S/C82H74BN3O2/c1-79(2,3)53-31-37-57(38-32-53)84(68-43-33-54(80(4,5)6)45-65(68)51-21-14-13-15-22-51)59-40-42-66-70(49-59)86(60-39-41-63-62-23-16-18-26-73(62)88-76(63)50-60)72-48-56(82(10,11)12)47-71-78(72)83(66)67-46-55(81(7,8)9)34-44-69(67)85(71)58-35-29-52(30-36-58)61-25-20-28-75-77(61)64-24-17-19-27-74(64)87-75/h13-50H,1-12H3. The minimum atomic E-state index is -0.224. The first-order chi connectivity index (χ1) is 42.2. The Morgan fingerprint density at radius 3 is 1.57 bits per heavy atom. The van der Waals surface area contributed by atoms with Crippen LogP contribution in [0.4, 0.5) is 51.2 Å². The molecule has 88 heavy (non-hydrogen) atoms. The summed E-state index contributed by atoms with van der Waals surface area (Å²) in [6.07, 6.45) is 0. The Morgan fingerprint density at radius 2 is 0.875 bits per heavy atom. The fourth-order valence-corrected chi connectivity index (χ4v) is 13.8. The molecule has 4 heterocycles. The summed E-state index contributed by atoms with van der Waals surface area (Å²) in [4.78, 5) is 7.62. The summed E-state index contributed by atoms with van der Waals surface area (Å²) >= 11 is 0. The Balaban J connectivity index is 1.00. The van der Waals surface area contributed by atoms with Crippen LogP contribution in [-0.2, 0) is 21.7 Å². The third-order valence-corrected chi connectivity index (χ3v) is 18.7. The Labute approximate surface area is 518 Å². The zero-order valence-corrected chi connectivity index (χ0v) is 52.7. The SMILES string of the molecule is CC(C)(C)c1ccc(N(c2ccc3c(c2)N(c2ccc4c(c2)oc2ccccc24)c2cc(C(C)(C)C)cc4c2B3c2cc(C(C)(C)C)ccc2N4c2ccc(-c3cccc4oc5ccccc5c34)cc2)c2ccc(C(C)(C)C)cc2-c2ccccc2)cc1. The molecule has 0 N–H and O–H groups in total. The van der Waals surface area contributed by atoms with Crippen LogP contribution in [0, 0.1) is 0 Å². The maximum absolute atomic E-state index is 6.81. The molecule has 0 radical (unpaired) electrons. The van der Waals surface area contributed by atoms with Gasteiger partial charge >= 0.3 is 0 Å².